The van der Waals surface area contributed by atoms with Crippen LogP contribution in [0.1, 0.15) is 18.5 Å². The quantitative estimate of drug-likeness (QED) is 0.576. The van der Waals surface area contributed by atoms with E-state index in [-0.39, 0.29) is 11.8 Å². The van der Waals surface area contributed by atoms with Crippen LogP contribution in [0.5, 0.6) is 5.75 Å². The Morgan fingerprint density at radius 3 is 2.55 bits per heavy atom. The van der Waals surface area contributed by atoms with Crippen molar-refractivity contribution in [2.24, 2.45) is 0 Å². The van der Waals surface area contributed by atoms with Gasteiger partial charge < -0.3 is 10.1 Å². The van der Waals surface area contributed by atoms with Gasteiger partial charge in [0.05, 0.1) is 0 Å². The van der Waals surface area contributed by atoms with Gasteiger partial charge in [-0.1, -0.05) is 18.2 Å². The van der Waals surface area contributed by atoms with Crippen molar-refractivity contribution in [3.8, 4) is 5.75 Å². The summed E-state index contributed by atoms with van der Waals surface area (Å²) in [5.41, 5.74) is 0.924. The van der Waals surface area contributed by atoms with Crippen LogP contribution in [0.3, 0.4) is 0 Å². The highest BCUT2D eigenvalue weighted by Gasteiger charge is 2.30. The Bertz CT molecular complexity index is 406. The Labute approximate surface area is 121 Å². The molecule has 0 aliphatic heterocycles. The van der Waals surface area contributed by atoms with Crippen LogP contribution >= 0.6 is 11.8 Å². The van der Waals surface area contributed by atoms with E-state index in [1.54, 1.807) is 23.9 Å². The monoisotopic (exact) mass is 305 g/mol. The van der Waals surface area contributed by atoms with Crippen LogP contribution < -0.4 is 10.1 Å². The maximum absolute atomic E-state index is 12.0. The van der Waals surface area contributed by atoms with Crippen molar-refractivity contribution in [2.75, 3.05) is 18.1 Å². The van der Waals surface area contributed by atoms with E-state index in [1.807, 2.05) is 13.0 Å². The Morgan fingerprint density at radius 1 is 1.35 bits per heavy atom. The summed E-state index contributed by atoms with van der Waals surface area (Å²) in [4.78, 5) is 0. The smallest absolute Gasteiger partial charge is 0.406 e. The maximum Gasteiger partial charge on any atom is 0.573 e. The summed E-state index contributed by atoms with van der Waals surface area (Å²) in [5, 5.41) is 3.31. The molecule has 0 heterocycles. The molecule has 0 spiro atoms. The van der Waals surface area contributed by atoms with Gasteiger partial charge in [0.15, 0.2) is 0 Å². The van der Waals surface area contributed by atoms with E-state index < -0.39 is 6.36 Å². The van der Waals surface area contributed by atoms with Gasteiger partial charge in [-0.2, -0.15) is 11.8 Å². The summed E-state index contributed by atoms with van der Waals surface area (Å²) in [6.07, 6.45) is -2.79. The van der Waals surface area contributed by atoms with Crippen LogP contribution in [0.4, 0.5) is 13.2 Å². The molecule has 20 heavy (non-hydrogen) atoms. The van der Waals surface area contributed by atoms with Gasteiger partial charge in [0.2, 0.25) is 0 Å². The first-order valence-corrected chi connectivity index (χ1v) is 7.35. The van der Waals surface area contributed by atoms with Gasteiger partial charge in [0.1, 0.15) is 5.75 Å². The fourth-order valence-electron chi connectivity index (χ4n) is 1.59. The number of thioether (sulfide) groups is 1. The van der Waals surface area contributed by atoms with Crippen LogP contribution in [-0.2, 0) is 0 Å². The number of hydrogen-bond donors (Lipinski definition) is 1. The van der Waals surface area contributed by atoms with E-state index >= 15 is 0 Å². The number of hydrogen-bond acceptors (Lipinski definition) is 3. The Kier molecular flexibility index (Phi) is 6.95. The lowest BCUT2D eigenvalue weighted by molar-refractivity contribution is -0.274. The standard InChI is InChI=1S/C14H18F3NOS/c1-3-9-20-10-8-18-11(2)12-4-6-13(7-5-12)19-14(15,16)17/h3-7,11,18H,1,8-10H2,2H3. The lowest BCUT2D eigenvalue weighted by atomic mass is 10.1. The zero-order chi connectivity index (χ0) is 15.0. The van der Waals surface area contributed by atoms with Crippen LogP contribution in [-0.4, -0.2) is 24.4 Å². The molecule has 0 aromatic heterocycles. The molecule has 0 fully saturated rings. The molecule has 1 unspecified atom stereocenters. The molecule has 1 atom stereocenters. The Morgan fingerprint density at radius 2 is 2.00 bits per heavy atom. The number of halogens is 3. The van der Waals surface area contributed by atoms with Gasteiger partial charge >= 0.3 is 6.36 Å². The molecule has 0 saturated carbocycles. The van der Waals surface area contributed by atoms with Crippen LogP contribution in [0.25, 0.3) is 0 Å². The lowest BCUT2D eigenvalue weighted by Crippen LogP contribution is -2.21. The molecule has 1 aromatic carbocycles. The number of nitrogens with one attached hydrogen (secondary N) is 1. The largest absolute Gasteiger partial charge is 0.573 e. The minimum Gasteiger partial charge on any atom is -0.406 e. The van der Waals surface area contributed by atoms with Crippen molar-refractivity contribution in [2.45, 2.75) is 19.3 Å². The highest BCUT2D eigenvalue weighted by atomic mass is 32.2. The fourth-order valence-corrected chi connectivity index (χ4v) is 2.19. The number of rotatable bonds is 8. The second-order valence-corrected chi connectivity index (χ2v) is 5.31. The topological polar surface area (TPSA) is 21.3 Å². The average Bonchev–Trinajstić information content (AvgIpc) is 2.37. The molecule has 112 valence electrons. The lowest BCUT2D eigenvalue weighted by Gasteiger charge is -2.15. The maximum atomic E-state index is 12.0. The first kappa shape index (κ1) is 16.9. The second-order valence-electron chi connectivity index (χ2n) is 4.16. The molecule has 0 aliphatic carbocycles. The second kappa shape index (κ2) is 8.21. The van der Waals surface area contributed by atoms with Crippen molar-refractivity contribution in [1.29, 1.82) is 0 Å². The molecule has 2 nitrogen and oxygen atoms in total. The zero-order valence-corrected chi connectivity index (χ0v) is 12.1. The van der Waals surface area contributed by atoms with Crippen LogP contribution in [0.2, 0.25) is 0 Å². The number of ether oxygens (including phenoxy) is 1. The van der Waals surface area contributed by atoms with Gasteiger partial charge in [-0.05, 0) is 24.6 Å². The molecule has 6 heteroatoms. The molecule has 0 radical (unpaired) electrons. The van der Waals surface area contributed by atoms with Gasteiger partial charge in [-0.3, -0.25) is 0 Å². The van der Waals surface area contributed by atoms with Crippen molar-refractivity contribution in [3.05, 3.63) is 42.5 Å². The van der Waals surface area contributed by atoms with Crippen molar-refractivity contribution >= 4 is 11.8 Å². The Hall–Kier alpha value is -1.14. The third-order valence-electron chi connectivity index (χ3n) is 2.55. The van der Waals surface area contributed by atoms with Crippen LogP contribution in [0.15, 0.2) is 36.9 Å². The summed E-state index contributed by atoms with van der Waals surface area (Å²) in [6, 6.07) is 6.01. The van der Waals surface area contributed by atoms with Gasteiger partial charge in [0, 0.05) is 24.1 Å². The van der Waals surface area contributed by atoms with Gasteiger partial charge in [-0.25, -0.2) is 0 Å². The van der Waals surface area contributed by atoms with E-state index in [0.717, 1.165) is 23.6 Å². The third kappa shape index (κ3) is 6.86. The van der Waals surface area contributed by atoms with Gasteiger partial charge in [-0.15, -0.1) is 19.8 Å². The van der Waals surface area contributed by atoms with Crippen molar-refractivity contribution < 1.29 is 17.9 Å². The predicted molar refractivity (Wildman–Crippen MR) is 77.1 cm³/mol. The highest BCUT2D eigenvalue weighted by Crippen LogP contribution is 2.24. The van der Waals surface area contributed by atoms with E-state index in [0.29, 0.717) is 0 Å². The minimum atomic E-state index is -4.65. The summed E-state index contributed by atoms with van der Waals surface area (Å²) in [5.74, 6) is 1.68. The molecular formula is C14H18F3NOS. The normalized spacial score (nSPS) is 13.0. The predicted octanol–water partition coefficient (Wildman–Crippen LogP) is 4.16. The molecule has 0 bridgehead atoms. The number of benzene rings is 1. The molecule has 0 saturated heterocycles. The summed E-state index contributed by atoms with van der Waals surface area (Å²) in [6.45, 7) is 6.45. The molecule has 1 N–H and O–H groups in total. The van der Waals surface area contributed by atoms with Gasteiger partial charge in [0.25, 0.3) is 0 Å². The molecule has 0 amide bonds. The first-order chi connectivity index (χ1) is 9.42. The third-order valence-corrected chi connectivity index (χ3v) is 3.51. The summed E-state index contributed by atoms with van der Waals surface area (Å²) < 4.78 is 39.9. The molecule has 0 aliphatic rings. The van der Waals surface area contributed by atoms with E-state index in [1.165, 1.54) is 12.1 Å². The van der Waals surface area contributed by atoms with Crippen molar-refractivity contribution in [1.82, 2.24) is 5.32 Å². The SMILES string of the molecule is C=CCSCCNC(C)c1ccc(OC(F)(F)F)cc1. The fraction of sp³-hybridized carbons (Fsp3) is 0.429. The highest BCUT2D eigenvalue weighted by molar-refractivity contribution is 7.99. The van der Waals surface area contributed by atoms with Crippen LogP contribution in [0, 0.1) is 0 Å². The summed E-state index contributed by atoms with van der Waals surface area (Å²) >= 11 is 1.77. The average molecular weight is 305 g/mol. The molecular weight excluding hydrogens is 287 g/mol. The first-order valence-electron chi connectivity index (χ1n) is 6.20. The minimum absolute atomic E-state index is 0.0827. The van der Waals surface area contributed by atoms with Crippen molar-refractivity contribution in [3.63, 3.8) is 0 Å². The molecule has 1 aromatic rings. The molecule has 1 rings (SSSR count). The van der Waals surface area contributed by atoms with E-state index in [4.69, 9.17) is 0 Å². The Balaban J connectivity index is 2.41. The summed E-state index contributed by atoms with van der Waals surface area (Å²) in [7, 11) is 0. The zero-order valence-electron chi connectivity index (χ0n) is 11.2. The number of alkyl halides is 3. The van der Waals surface area contributed by atoms with E-state index in [9.17, 15) is 13.2 Å². The van der Waals surface area contributed by atoms with E-state index in [2.05, 4.69) is 16.6 Å².